The molecule has 0 saturated carbocycles. The van der Waals surface area contributed by atoms with Crippen molar-refractivity contribution in [1.29, 1.82) is 0 Å². The van der Waals surface area contributed by atoms with E-state index in [2.05, 4.69) is 0 Å². The van der Waals surface area contributed by atoms with Gasteiger partial charge < -0.3 is 34.3 Å². The van der Waals surface area contributed by atoms with Crippen LogP contribution in [0.5, 0.6) is 28.7 Å². The third kappa shape index (κ3) is 4.05. The summed E-state index contributed by atoms with van der Waals surface area (Å²) in [5.41, 5.74) is 0.334. The Kier molecular flexibility index (Phi) is 5.95. The molecule has 4 rings (SSSR count). The Morgan fingerprint density at radius 1 is 1.21 bits per heavy atom. The molecule has 34 heavy (non-hydrogen) atoms. The minimum absolute atomic E-state index is 0.0238. The van der Waals surface area contributed by atoms with Gasteiger partial charge in [0, 0.05) is 29.7 Å². The summed E-state index contributed by atoms with van der Waals surface area (Å²) in [4.78, 5) is 13.1. The van der Waals surface area contributed by atoms with Gasteiger partial charge in [0.15, 0.2) is 17.3 Å². The van der Waals surface area contributed by atoms with Crippen molar-refractivity contribution in [1.82, 2.24) is 0 Å². The van der Waals surface area contributed by atoms with E-state index in [1.54, 1.807) is 13.0 Å². The molecular weight excluding hydrogens is 440 g/mol. The summed E-state index contributed by atoms with van der Waals surface area (Å²) < 4.78 is 17.3. The monoisotopic (exact) mass is 468 g/mol. The number of allylic oxidation sites excluding steroid dienone is 2. The van der Waals surface area contributed by atoms with Crippen LogP contribution in [0.2, 0.25) is 0 Å². The maximum atomic E-state index is 13.1. The topological polar surface area (TPSA) is 130 Å². The van der Waals surface area contributed by atoms with Gasteiger partial charge in [-0.3, -0.25) is 4.79 Å². The van der Waals surface area contributed by atoms with E-state index in [4.69, 9.17) is 13.9 Å². The van der Waals surface area contributed by atoms with Crippen molar-refractivity contribution in [2.45, 2.75) is 51.7 Å². The molecule has 3 aromatic rings. The van der Waals surface area contributed by atoms with Crippen LogP contribution in [0.25, 0.3) is 22.3 Å². The predicted molar refractivity (Wildman–Crippen MR) is 127 cm³/mol. The molecule has 0 spiro atoms. The normalized spacial score (nSPS) is 16.6. The number of methoxy groups -OCH3 is 1. The summed E-state index contributed by atoms with van der Waals surface area (Å²) in [7, 11) is 1.31. The van der Waals surface area contributed by atoms with Crippen molar-refractivity contribution in [3.63, 3.8) is 0 Å². The lowest BCUT2D eigenvalue weighted by Gasteiger charge is -2.29. The fourth-order valence-electron chi connectivity index (χ4n) is 4.32. The molecule has 1 aromatic heterocycles. The Bertz CT molecular complexity index is 1350. The SMILES string of the molecule is COc1c(-c2ccc(O)c3c2C[C@@H]([C@](C)(O)CCC=C(C)C)O3)oc2cc(O)cc(O)c2c1=O. The van der Waals surface area contributed by atoms with E-state index < -0.39 is 22.9 Å². The molecule has 1 aliphatic heterocycles. The van der Waals surface area contributed by atoms with E-state index in [0.717, 1.165) is 11.6 Å². The van der Waals surface area contributed by atoms with Crippen molar-refractivity contribution < 1.29 is 34.3 Å². The fraction of sp³-hybridized carbons (Fsp3) is 0.346. The number of hydrogen-bond acceptors (Lipinski definition) is 8. The summed E-state index contributed by atoms with van der Waals surface area (Å²) >= 11 is 0. The molecule has 0 saturated heterocycles. The van der Waals surface area contributed by atoms with Crippen LogP contribution >= 0.6 is 0 Å². The number of fused-ring (bicyclic) bond motifs is 2. The average Bonchev–Trinajstić information content (AvgIpc) is 3.20. The Labute approximate surface area is 196 Å². The van der Waals surface area contributed by atoms with Crippen LogP contribution < -0.4 is 14.9 Å². The zero-order valence-electron chi connectivity index (χ0n) is 19.5. The van der Waals surface area contributed by atoms with Crippen LogP contribution in [-0.2, 0) is 6.42 Å². The Balaban J connectivity index is 1.82. The van der Waals surface area contributed by atoms with Crippen molar-refractivity contribution in [3.05, 3.63) is 51.7 Å². The van der Waals surface area contributed by atoms with Gasteiger partial charge in [-0.15, -0.1) is 0 Å². The van der Waals surface area contributed by atoms with Gasteiger partial charge in [-0.25, -0.2) is 0 Å². The molecule has 8 heteroatoms. The van der Waals surface area contributed by atoms with Gasteiger partial charge in [-0.1, -0.05) is 11.6 Å². The standard InChI is InChI=1S/C26H28O8/c1-13(2)6-5-9-26(3,31)20-12-16-15(7-8-17(28)23(16)34-20)24-25(32-4)22(30)21-18(29)10-14(27)11-19(21)33-24/h6-8,10-11,20,27-29,31H,5,9,12H2,1-4H3/t20-,26+/m0/s1. The molecular formula is C26H28O8. The third-order valence-corrected chi connectivity index (χ3v) is 6.15. The Morgan fingerprint density at radius 3 is 2.62 bits per heavy atom. The number of rotatable bonds is 6. The summed E-state index contributed by atoms with van der Waals surface area (Å²) in [6.45, 7) is 5.68. The zero-order chi connectivity index (χ0) is 24.8. The second-order valence-electron chi connectivity index (χ2n) is 9.06. The maximum Gasteiger partial charge on any atom is 0.239 e. The first-order chi connectivity index (χ1) is 16.0. The molecule has 0 amide bonds. The van der Waals surface area contributed by atoms with Gasteiger partial charge in [-0.05, 0) is 45.7 Å². The molecule has 2 aromatic carbocycles. The minimum atomic E-state index is -1.18. The van der Waals surface area contributed by atoms with Crippen LogP contribution in [0.3, 0.4) is 0 Å². The molecule has 0 bridgehead atoms. The maximum absolute atomic E-state index is 13.1. The lowest BCUT2D eigenvalue weighted by atomic mass is 9.88. The number of phenolic OH excluding ortho intramolecular Hbond substituents is 3. The molecule has 0 radical (unpaired) electrons. The third-order valence-electron chi connectivity index (χ3n) is 6.15. The Morgan fingerprint density at radius 2 is 1.94 bits per heavy atom. The highest BCUT2D eigenvalue weighted by Gasteiger charge is 2.41. The number of hydrogen-bond donors (Lipinski definition) is 4. The van der Waals surface area contributed by atoms with Gasteiger partial charge in [0.05, 0.1) is 12.7 Å². The molecule has 0 unspecified atom stereocenters. The van der Waals surface area contributed by atoms with E-state index in [1.807, 2.05) is 19.9 Å². The predicted octanol–water partition coefficient (Wildman–Crippen LogP) is 4.39. The summed E-state index contributed by atoms with van der Waals surface area (Å²) in [6, 6.07) is 5.27. The molecule has 180 valence electrons. The lowest BCUT2D eigenvalue weighted by Crippen LogP contribution is -2.42. The summed E-state index contributed by atoms with van der Waals surface area (Å²) in [5, 5.41) is 41.5. The quantitative estimate of drug-likeness (QED) is 0.392. The number of phenols is 3. The van der Waals surface area contributed by atoms with Crippen molar-refractivity contribution in [3.8, 4) is 40.1 Å². The van der Waals surface area contributed by atoms with Crippen LogP contribution in [-0.4, -0.2) is 39.2 Å². The molecule has 8 nitrogen and oxygen atoms in total. The van der Waals surface area contributed by atoms with Gasteiger partial charge in [0.1, 0.15) is 28.6 Å². The molecule has 0 fully saturated rings. The number of benzene rings is 2. The van der Waals surface area contributed by atoms with Gasteiger partial charge in [-0.2, -0.15) is 0 Å². The van der Waals surface area contributed by atoms with Crippen LogP contribution in [0.1, 0.15) is 39.2 Å². The molecule has 2 heterocycles. The first-order valence-corrected chi connectivity index (χ1v) is 11.0. The van der Waals surface area contributed by atoms with Crippen molar-refractivity contribution in [2.24, 2.45) is 0 Å². The molecule has 0 aliphatic carbocycles. The van der Waals surface area contributed by atoms with E-state index in [1.165, 1.54) is 19.2 Å². The van der Waals surface area contributed by atoms with E-state index >= 15 is 0 Å². The largest absolute Gasteiger partial charge is 0.508 e. The van der Waals surface area contributed by atoms with E-state index in [-0.39, 0.29) is 46.1 Å². The van der Waals surface area contributed by atoms with Crippen LogP contribution in [0, 0.1) is 0 Å². The van der Waals surface area contributed by atoms with E-state index in [9.17, 15) is 25.2 Å². The highest BCUT2D eigenvalue weighted by Crippen LogP contribution is 2.47. The Hall–Kier alpha value is -3.65. The molecule has 2 atom stereocenters. The minimum Gasteiger partial charge on any atom is -0.508 e. The average molecular weight is 469 g/mol. The first kappa shape index (κ1) is 23.5. The number of aliphatic hydroxyl groups is 1. The molecule has 4 N–H and O–H groups in total. The van der Waals surface area contributed by atoms with Gasteiger partial charge in [0.2, 0.25) is 11.2 Å². The smallest absolute Gasteiger partial charge is 0.239 e. The molecule has 1 aliphatic rings. The van der Waals surface area contributed by atoms with Gasteiger partial charge in [0.25, 0.3) is 0 Å². The van der Waals surface area contributed by atoms with Crippen LogP contribution in [0.4, 0.5) is 0 Å². The van der Waals surface area contributed by atoms with Crippen LogP contribution in [0.15, 0.2) is 45.1 Å². The zero-order valence-corrected chi connectivity index (χ0v) is 19.5. The fourth-order valence-corrected chi connectivity index (χ4v) is 4.32. The number of ether oxygens (including phenoxy) is 2. The lowest BCUT2D eigenvalue weighted by molar-refractivity contribution is -0.0438. The van der Waals surface area contributed by atoms with Crippen molar-refractivity contribution >= 4 is 11.0 Å². The number of aromatic hydroxyl groups is 3. The van der Waals surface area contributed by atoms with Crippen molar-refractivity contribution in [2.75, 3.05) is 7.11 Å². The highest BCUT2D eigenvalue weighted by molar-refractivity contribution is 5.89. The highest BCUT2D eigenvalue weighted by atomic mass is 16.5. The second kappa shape index (κ2) is 8.61. The summed E-state index contributed by atoms with van der Waals surface area (Å²) in [6.07, 6.45) is 2.80. The van der Waals surface area contributed by atoms with Gasteiger partial charge >= 0.3 is 0 Å². The summed E-state index contributed by atoms with van der Waals surface area (Å²) in [5.74, 6) is -0.668. The van der Waals surface area contributed by atoms with E-state index in [0.29, 0.717) is 24.0 Å². The first-order valence-electron chi connectivity index (χ1n) is 11.0. The second-order valence-corrected chi connectivity index (χ2v) is 9.06.